The van der Waals surface area contributed by atoms with Gasteiger partial charge in [-0.2, -0.15) is 0 Å². The van der Waals surface area contributed by atoms with Crippen LogP contribution in [-0.4, -0.2) is 28.3 Å². The maximum atomic E-state index is 4.40. The third-order valence-corrected chi connectivity index (χ3v) is 3.82. The number of aryl methyl sites for hydroxylation is 1. The van der Waals surface area contributed by atoms with Crippen LogP contribution in [0.2, 0.25) is 0 Å². The highest BCUT2D eigenvalue weighted by atomic mass is 32.2. The third kappa shape index (κ3) is 6.36. The second kappa shape index (κ2) is 9.34. The maximum absolute atomic E-state index is 4.40. The van der Waals surface area contributed by atoms with Crippen molar-refractivity contribution < 1.29 is 0 Å². The molecule has 0 amide bonds. The summed E-state index contributed by atoms with van der Waals surface area (Å²) in [6, 6.07) is 2.61. The van der Waals surface area contributed by atoms with Crippen LogP contribution in [0.25, 0.3) is 0 Å². The first-order valence-corrected chi connectivity index (χ1v) is 7.90. The van der Waals surface area contributed by atoms with Gasteiger partial charge in [-0.1, -0.05) is 25.6 Å². The second-order valence-corrected chi connectivity index (χ2v) is 5.59. The van der Waals surface area contributed by atoms with Crippen molar-refractivity contribution in [3.63, 3.8) is 0 Å². The van der Waals surface area contributed by atoms with Gasteiger partial charge in [-0.15, -0.1) is 0 Å². The van der Waals surface area contributed by atoms with Gasteiger partial charge >= 0.3 is 0 Å². The Labute approximate surface area is 115 Å². The molecule has 0 fully saturated rings. The quantitative estimate of drug-likeness (QED) is 0.422. The summed E-state index contributed by atoms with van der Waals surface area (Å²) in [6.07, 6.45) is 6.73. The zero-order valence-electron chi connectivity index (χ0n) is 11.8. The van der Waals surface area contributed by atoms with Crippen LogP contribution in [-0.2, 0) is 0 Å². The van der Waals surface area contributed by atoms with Crippen molar-refractivity contribution in [3.8, 4) is 0 Å². The van der Waals surface area contributed by atoms with Gasteiger partial charge in [0.2, 0.25) is 0 Å². The Morgan fingerprint density at radius 2 is 2.22 bits per heavy atom. The topological polar surface area (TPSA) is 37.8 Å². The molecule has 18 heavy (non-hydrogen) atoms. The normalized spacial score (nSPS) is 12.6. The Kier molecular flexibility index (Phi) is 8.01. The van der Waals surface area contributed by atoms with Crippen molar-refractivity contribution in [1.29, 1.82) is 0 Å². The first kappa shape index (κ1) is 15.4. The molecule has 0 aliphatic rings. The summed E-state index contributed by atoms with van der Waals surface area (Å²) in [5.74, 6) is 1.10. The summed E-state index contributed by atoms with van der Waals surface area (Å²) < 4.78 is 0. The predicted octanol–water partition coefficient (Wildman–Crippen LogP) is 3.44. The fourth-order valence-corrected chi connectivity index (χ4v) is 2.63. The van der Waals surface area contributed by atoms with Crippen LogP contribution in [0.3, 0.4) is 0 Å². The van der Waals surface area contributed by atoms with Gasteiger partial charge in [-0.25, -0.2) is 9.97 Å². The van der Waals surface area contributed by atoms with Crippen molar-refractivity contribution in [2.24, 2.45) is 0 Å². The molecule has 1 rings (SSSR count). The minimum atomic E-state index is 0.670. The van der Waals surface area contributed by atoms with E-state index < -0.39 is 0 Å². The number of thioether (sulfide) groups is 1. The molecule has 4 heteroatoms. The largest absolute Gasteiger partial charge is 0.314 e. The molecule has 0 radical (unpaired) electrons. The first-order chi connectivity index (χ1) is 8.76. The minimum Gasteiger partial charge on any atom is -0.314 e. The lowest BCUT2D eigenvalue weighted by Gasteiger charge is -2.15. The Morgan fingerprint density at radius 1 is 1.39 bits per heavy atom. The second-order valence-electron chi connectivity index (χ2n) is 4.53. The summed E-state index contributed by atoms with van der Waals surface area (Å²) >= 11 is 1.76. The van der Waals surface area contributed by atoms with Crippen molar-refractivity contribution in [2.45, 2.75) is 57.7 Å². The molecular formula is C14H25N3S. The molecule has 102 valence electrons. The maximum Gasteiger partial charge on any atom is 0.187 e. The van der Waals surface area contributed by atoms with E-state index >= 15 is 0 Å². The summed E-state index contributed by atoms with van der Waals surface area (Å²) in [6.45, 7) is 7.61. The van der Waals surface area contributed by atoms with Crippen LogP contribution in [0.5, 0.6) is 0 Å². The molecule has 1 atom stereocenters. The van der Waals surface area contributed by atoms with Crippen LogP contribution in [0.4, 0.5) is 0 Å². The lowest BCUT2D eigenvalue weighted by atomic mass is 10.1. The molecule has 0 aromatic carbocycles. The van der Waals surface area contributed by atoms with Gasteiger partial charge in [0.05, 0.1) is 0 Å². The number of aromatic nitrogens is 2. The van der Waals surface area contributed by atoms with Gasteiger partial charge in [-0.05, 0) is 45.2 Å². The van der Waals surface area contributed by atoms with Crippen LogP contribution in [0, 0.1) is 6.92 Å². The number of hydrogen-bond acceptors (Lipinski definition) is 4. The first-order valence-electron chi connectivity index (χ1n) is 6.92. The van der Waals surface area contributed by atoms with E-state index in [2.05, 4.69) is 29.1 Å². The number of hydrogen-bond donors (Lipinski definition) is 1. The van der Waals surface area contributed by atoms with Crippen LogP contribution >= 0.6 is 11.8 Å². The van der Waals surface area contributed by atoms with Crippen molar-refractivity contribution >= 4 is 11.8 Å². The molecule has 0 aliphatic heterocycles. The van der Waals surface area contributed by atoms with Gasteiger partial charge in [-0.3, -0.25) is 0 Å². The number of nitrogens with zero attached hydrogens (tertiary/aromatic N) is 2. The Hall–Kier alpha value is -0.610. The van der Waals surface area contributed by atoms with E-state index in [1.807, 2.05) is 19.2 Å². The van der Waals surface area contributed by atoms with E-state index in [0.717, 1.165) is 23.1 Å². The summed E-state index contributed by atoms with van der Waals surface area (Å²) in [7, 11) is 0. The fraction of sp³-hybridized carbons (Fsp3) is 0.714. The Balaban J connectivity index is 2.17. The van der Waals surface area contributed by atoms with Crippen LogP contribution in [0.15, 0.2) is 17.4 Å². The molecule has 1 unspecified atom stereocenters. The average molecular weight is 267 g/mol. The number of nitrogens with one attached hydrogen (secondary N) is 1. The molecule has 0 aliphatic carbocycles. The van der Waals surface area contributed by atoms with Crippen molar-refractivity contribution in [2.75, 3.05) is 12.3 Å². The van der Waals surface area contributed by atoms with Crippen molar-refractivity contribution in [3.05, 3.63) is 18.0 Å². The lowest BCUT2D eigenvalue weighted by Crippen LogP contribution is -2.29. The predicted molar refractivity (Wildman–Crippen MR) is 79.1 cm³/mol. The van der Waals surface area contributed by atoms with E-state index in [9.17, 15) is 0 Å². The molecule has 0 saturated carbocycles. The Bertz CT molecular complexity index is 331. The van der Waals surface area contributed by atoms with E-state index in [1.54, 1.807) is 11.8 Å². The van der Waals surface area contributed by atoms with Gasteiger partial charge in [0.25, 0.3) is 0 Å². The molecular weight excluding hydrogens is 242 g/mol. The summed E-state index contributed by atoms with van der Waals surface area (Å²) in [5, 5.41) is 4.49. The SMILES string of the molecule is CCCNC(CC)CCCSc1nccc(C)n1. The fourth-order valence-electron chi connectivity index (χ4n) is 1.79. The Morgan fingerprint density at radius 3 is 2.89 bits per heavy atom. The number of rotatable bonds is 9. The standard InChI is InChI=1S/C14H25N3S/c1-4-9-15-13(5-2)7-6-11-18-14-16-10-8-12(3)17-14/h8,10,13,15H,4-7,9,11H2,1-3H3. The highest BCUT2D eigenvalue weighted by Gasteiger charge is 2.05. The van der Waals surface area contributed by atoms with E-state index in [4.69, 9.17) is 0 Å². The zero-order chi connectivity index (χ0) is 13.2. The van der Waals surface area contributed by atoms with Crippen molar-refractivity contribution in [1.82, 2.24) is 15.3 Å². The molecule has 1 heterocycles. The molecule has 3 nitrogen and oxygen atoms in total. The molecule has 1 N–H and O–H groups in total. The molecule has 1 aromatic rings. The average Bonchev–Trinajstić information content (AvgIpc) is 2.38. The van der Waals surface area contributed by atoms with Crippen LogP contribution < -0.4 is 5.32 Å². The molecule has 0 bridgehead atoms. The summed E-state index contributed by atoms with van der Waals surface area (Å²) in [5.41, 5.74) is 1.04. The summed E-state index contributed by atoms with van der Waals surface area (Å²) in [4.78, 5) is 8.66. The molecule has 1 aromatic heterocycles. The van der Waals surface area contributed by atoms with E-state index in [1.165, 1.54) is 25.7 Å². The van der Waals surface area contributed by atoms with Gasteiger partial charge in [0.1, 0.15) is 0 Å². The van der Waals surface area contributed by atoms with E-state index in [-0.39, 0.29) is 0 Å². The van der Waals surface area contributed by atoms with E-state index in [0.29, 0.717) is 6.04 Å². The highest BCUT2D eigenvalue weighted by Crippen LogP contribution is 2.15. The van der Waals surface area contributed by atoms with Gasteiger partial charge < -0.3 is 5.32 Å². The van der Waals surface area contributed by atoms with Gasteiger partial charge in [0.15, 0.2) is 5.16 Å². The van der Waals surface area contributed by atoms with Gasteiger partial charge in [0, 0.05) is 23.7 Å². The third-order valence-electron chi connectivity index (χ3n) is 2.88. The highest BCUT2D eigenvalue weighted by molar-refractivity contribution is 7.99. The smallest absolute Gasteiger partial charge is 0.187 e. The lowest BCUT2D eigenvalue weighted by molar-refractivity contribution is 0.465. The zero-order valence-corrected chi connectivity index (χ0v) is 12.6. The molecule has 0 saturated heterocycles. The minimum absolute atomic E-state index is 0.670. The monoisotopic (exact) mass is 267 g/mol. The molecule has 0 spiro atoms. The van der Waals surface area contributed by atoms with Crippen LogP contribution in [0.1, 0.15) is 45.2 Å².